The third-order valence-corrected chi connectivity index (χ3v) is 4.51. The van der Waals surface area contributed by atoms with E-state index in [2.05, 4.69) is 93.5 Å². The summed E-state index contributed by atoms with van der Waals surface area (Å²) in [5.41, 5.74) is 3.79. The van der Waals surface area contributed by atoms with Gasteiger partial charge in [-0.05, 0) is 55.7 Å². The zero-order valence-electron chi connectivity index (χ0n) is 11.1. The Bertz CT molecular complexity index is 549. The van der Waals surface area contributed by atoms with Crippen LogP contribution in [-0.2, 0) is 6.42 Å². The topological polar surface area (TPSA) is 12.0 Å². The Hall–Kier alpha value is -0.800. The second kappa shape index (κ2) is 6.58. The highest BCUT2D eigenvalue weighted by Crippen LogP contribution is 2.24. The summed E-state index contributed by atoms with van der Waals surface area (Å²) < 4.78 is 2.27. The van der Waals surface area contributed by atoms with Crippen molar-refractivity contribution >= 4 is 37.5 Å². The summed E-state index contributed by atoms with van der Waals surface area (Å²) in [5.74, 6) is 0. The molecule has 1 nitrogen and oxygen atoms in total. The monoisotopic (exact) mass is 381 g/mol. The third-order valence-electron chi connectivity index (χ3n) is 3.12. The van der Waals surface area contributed by atoms with Crippen LogP contribution in [-0.4, -0.2) is 6.04 Å². The van der Waals surface area contributed by atoms with Gasteiger partial charge in [-0.1, -0.05) is 50.1 Å². The van der Waals surface area contributed by atoms with Crippen molar-refractivity contribution in [3.8, 4) is 0 Å². The van der Waals surface area contributed by atoms with Gasteiger partial charge in [0.05, 0.1) is 0 Å². The van der Waals surface area contributed by atoms with Crippen molar-refractivity contribution in [2.75, 3.05) is 5.32 Å². The first kappa shape index (κ1) is 14.6. The molecule has 100 valence electrons. The minimum absolute atomic E-state index is 0.397. The first-order valence-corrected chi connectivity index (χ1v) is 7.91. The molecular formula is C16H17Br2N. The number of anilines is 1. The Balaban J connectivity index is 2.03. The van der Waals surface area contributed by atoms with E-state index in [1.165, 1.54) is 16.8 Å². The standard InChI is InChI=1S/C16H17Br2N/c1-11(10-13-6-8-14(17)9-7-13)19-16-5-3-4-15(18)12(16)2/h3-9,11,19H,10H2,1-2H3. The molecule has 2 aromatic rings. The van der Waals surface area contributed by atoms with Crippen molar-refractivity contribution in [3.63, 3.8) is 0 Å². The molecule has 0 fully saturated rings. The number of rotatable bonds is 4. The molecule has 1 atom stereocenters. The van der Waals surface area contributed by atoms with Crippen LogP contribution in [0.1, 0.15) is 18.1 Å². The van der Waals surface area contributed by atoms with Gasteiger partial charge in [0.1, 0.15) is 0 Å². The maximum atomic E-state index is 3.57. The average molecular weight is 383 g/mol. The van der Waals surface area contributed by atoms with Crippen LogP contribution >= 0.6 is 31.9 Å². The number of halogens is 2. The summed E-state index contributed by atoms with van der Waals surface area (Å²) >= 11 is 7.03. The molecule has 0 radical (unpaired) electrons. The zero-order valence-corrected chi connectivity index (χ0v) is 14.3. The highest BCUT2D eigenvalue weighted by molar-refractivity contribution is 9.10. The molecule has 3 heteroatoms. The van der Waals surface area contributed by atoms with E-state index in [9.17, 15) is 0 Å². The molecule has 1 unspecified atom stereocenters. The second-order valence-electron chi connectivity index (χ2n) is 4.79. The fraction of sp³-hybridized carbons (Fsp3) is 0.250. The molecule has 2 aromatic carbocycles. The van der Waals surface area contributed by atoms with Gasteiger partial charge < -0.3 is 5.32 Å². The summed E-state index contributed by atoms with van der Waals surface area (Å²) in [6.07, 6.45) is 1.01. The van der Waals surface area contributed by atoms with Crippen LogP contribution in [0.5, 0.6) is 0 Å². The molecule has 0 saturated heterocycles. The Labute approximate surface area is 131 Å². The number of hydrogen-bond acceptors (Lipinski definition) is 1. The minimum Gasteiger partial charge on any atom is -0.382 e. The van der Waals surface area contributed by atoms with Crippen LogP contribution in [0.3, 0.4) is 0 Å². The van der Waals surface area contributed by atoms with E-state index >= 15 is 0 Å². The van der Waals surface area contributed by atoms with Crippen LogP contribution in [0.25, 0.3) is 0 Å². The average Bonchev–Trinajstić information content (AvgIpc) is 2.38. The van der Waals surface area contributed by atoms with E-state index in [-0.39, 0.29) is 0 Å². The van der Waals surface area contributed by atoms with Gasteiger partial charge in [0.25, 0.3) is 0 Å². The van der Waals surface area contributed by atoms with Gasteiger partial charge in [0.15, 0.2) is 0 Å². The highest BCUT2D eigenvalue weighted by atomic mass is 79.9. The molecule has 19 heavy (non-hydrogen) atoms. The first-order chi connectivity index (χ1) is 9.06. The Morgan fingerprint density at radius 1 is 1.05 bits per heavy atom. The minimum atomic E-state index is 0.397. The van der Waals surface area contributed by atoms with E-state index in [0.717, 1.165) is 15.4 Å². The molecule has 2 rings (SSSR count). The molecule has 0 bridgehead atoms. The lowest BCUT2D eigenvalue weighted by molar-refractivity contribution is 0.789. The maximum absolute atomic E-state index is 3.57. The van der Waals surface area contributed by atoms with Crippen molar-refractivity contribution < 1.29 is 0 Å². The predicted octanol–water partition coefficient (Wildman–Crippen LogP) is 5.56. The van der Waals surface area contributed by atoms with E-state index in [4.69, 9.17) is 0 Å². The molecule has 1 N–H and O–H groups in total. The first-order valence-electron chi connectivity index (χ1n) is 6.32. The van der Waals surface area contributed by atoms with Crippen molar-refractivity contribution in [3.05, 3.63) is 62.5 Å². The summed E-state index contributed by atoms with van der Waals surface area (Å²) in [7, 11) is 0. The van der Waals surface area contributed by atoms with Crippen LogP contribution in [0.2, 0.25) is 0 Å². The Kier molecular flexibility index (Phi) is 5.06. The van der Waals surface area contributed by atoms with Gasteiger partial charge in [-0.25, -0.2) is 0 Å². The number of benzene rings is 2. The summed E-state index contributed by atoms with van der Waals surface area (Å²) in [6.45, 7) is 4.33. The molecule has 0 saturated carbocycles. The molecule has 0 spiro atoms. The molecule has 0 aliphatic rings. The zero-order chi connectivity index (χ0) is 13.8. The Morgan fingerprint density at radius 3 is 2.42 bits per heavy atom. The Morgan fingerprint density at radius 2 is 1.74 bits per heavy atom. The number of nitrogens with one attached hydrogen (secondary N) is 1. The SMILES string of the molecule is Cc1c(Br)cccc1NC(C)Cc1ccc(Br)cc1. The third kappa shape index (κ3) is 4.08. The largest absolute Gasteiger partial charge is 0.382 e. The molecule has 0 heterocycles. The van der Waals surface area contributed by atoms with Crippen molar-refractivity contribution in [2.24, 2.45) is 0 Å². The van der Waals surface area contributed by atoms with E-state index in [1.807, 2.05) is 0 Å². The van der Waals surface area contributed by atoms with Crippen molar-refractivity contribution in [1.29, 1.82) is 0 Å². The van der Waals surface area contributed by atoms with Crippen LogP contribution in [0.15, 0.2) is 51.4 Å². The summed E-state index contributed by atoms with van der Waals surface area (Å²) in [4.78, 5) is 0. The molecule has 0 aliphatic heterocycles. The summed E-state index contributed by atoms with van der Waals surface area (Å²) in [5, 5.41) is 3.57. The normalized spacial score (nSPS) is 12.2. The maximum Gasteiger partial charge on any atom is 0.0383 e. The van der Waals surface area contributed by atoms with E-state index in [0.29, 0.717) is 6.04 Å². The lowest BCUT2D eigenvalue weighted by atomic mass is 10.1. The van der Waals surface area contributed by atoms with Gasteiger partial charge in [-0.15, -0.1) is 0 Å². The lowest BCUT2D eigenvalue weighted by Crippen LogP contribution is -2.18. The van der Waals surface area contributed by atoms with E-state index in [1.54, 1.807) is 0 Å². The van der Waals surface area contributed by atoms with Gasteiger partial charge >= 0.3 is 0 Å². The van der Waals surface area contributed by atoms with Gasteiger partial charge in [-0.2, -0.15) is 0 Å². The van der Waals surface area contributed by atoms with Crippen molar-refractivity contribution in [2.45, 2.75) is 26.3 Å². The molecular weight excluding hydrogens is 366 g/mol. The van der Waals surface area contributed by atoms with Crippen LogP contribution in [0, 0.1) is 6.92 Å². The lowest BCUT2D eigenvalue weighted by Gasteiger charge is -2.18. The molecule has 0 aliphatic carbocycles. The fourth-order valence-electron chi connectivity index (χ4n) is 2.05. The molecule has 0 aromatic heterocycles. The fourth-order valence-corrected chi connectivity index (χ4v) is 2.68. The van der Waals surface area contributed by atoms with Gasteiger partial charge in [0, 0.05) is 20.7 Å². The molecule has 0 amide bonds. The highest BCUT2D eigenvalue weighted by Gasteiger charge is 2.07. The van der Waals surface area contributed by atoms with E-state index < -0.39 is 0 Å². The van der Waals surface area contributed by atoms with Crippen LogP contribution in [0.4, 0.5) is 5.69 Å². The number of hydrogen-bond donors (Lipinski definition) is 1. The van der Waals surface area contributed by atoms with Crippen LogP contribution < -0.4 is 5.32 Å². The van der Waals surface area contributed by atoms with Crippen molar-refractivity contribution in [1.82, 2.24) is 0 Å². The predicted molar refractivity (Wildman–Crippen MR) is 89.8 cm³/mol. The van der Waals surface area contributed by atoms with Gasteiger partial charge in [-0.3, -0.25) is 0 Å². The smallest absolute Gasteiger partial charge is 0.0383 e. The summed E-state index contributed by atoms with van der Waals surface area (Å²) in [6, 6.07) is 15.2. The van der Waals surface area contributed by atoms with Gasteiger partial charge in [0.2, 0.25) is 0 Å². The second-order valence-corrected chi connectivity index (χ2v) is 6.56. The quantitative estimate of drug-likeness (QED) is 0.729.